The van der Waals surface area contributed by atoms with Gasteiger partial charge in [-0.15, -0.1) is 0 Å². The molecule has 1 aromatic carbocycles. The van der Waals surface area contributed by atoms with Gasteiger partial charge >= 0.3 is 6.03 Å². The Kier molecular flexibility index (Phi) is 5.83. The first kappa shape index (κ1) is 15.6. The number of hydrogen-bond acceptors (Lipinski definition) is 4. The van der Waals surface area contributed by atoms with Gasteiger partial charge in [0.15, 0.2) is 0 Å². The molecule has 1 aromatic rings. The van der Waals surface area contributed by atoms with Crippen molar-refractivity contribution in [2.24, 2.45) is 0 Å². The van der Waals surface area contributed by atoms with Crippen LogP contribution in [0.3, 0.4) is 0 Å². The standard InChI is InChI=1S/C15H22N2O4/c1-20-9-10-21-14-7-3-2-6-13(14)16-15(19)17-8-4-5-12(18)11-17/h2-3,6-7,12,18H,4-5,8-11H2,1H3,(H,16,19). The van der Waals surface area contributed by atoms with Gasteiger partial charge in [0.25, 0.3) is 0 Å². The molecule has 1 saturated heterocycles. The maximum Gasteiger partial charge on any atom is 0.322 e. The molecule has 1 heterocycles. The lowest BCUT2D eigenvalue weighted by Gasteiger charge is -2.30. The summed E-state index contributed by atoms with van der Waals surface area (Å²) in [5, 5.41) is 12.5. The molecule has 6 nitrogen and oxygen atoms in total. The van der Waals surface area contributed by atoms with Crippen molar-refractivity contribution >= 4 is 11.7 Å². The van der Waals surface area contributed by atoms with E-state index in [0.29, 0.717) is 37.7 Å². The molecule has 0 radical (unpaired) electrons. The van der Waals surface area contributed by atoms with Crippen LogP contribution in [0.1, 0.15) is 12.8 Å². The Balaban J connectivity index is 1.96. The lowest BCUT2D eigenvalue weighted by atomic mass is 10.1. The van der Waals surface area contributed by atoms with Gasteiger partial charge in [0.05, 0.1) is 18.4 Å². The third kappa shape index (κ3) is 4.61. The number of methoxy groups -OCH3 is 1. The van der Waals surface area contributed by atoms with Gasteiger partial charge in [-0.05, 0) is 25.0 Å². The molecule has 116 valence electrons. The topological polar surface area (TPSA) is 71.0 Å². The zero-order chi connectivity index (χ0) is 15.1. The van der Waals surface area contributed by atoms with Crippen LogP contribution in [0.15, 0.2) is 24.3 Å². The van der Waals surface area contributed by atoms with Crippen LogP contribution in [-0.2, 0) is 4.74 Å². The highest BCUT2D eigenvalue weighted by Crippen LogP contribution is 2.24. The van der Waals surface area contributed by atoms with Crippen molar-refractivity contribution in [1.82, 2.24) is 4.90 Å². The average molecular weight is 294 g/mol. The number of rotatable bonds is 5. The normalized spacial score (nSPS) is 18.4. The number of aliphatic hydroxyl groups is 1. The number of carbonyl (C=O) groups is 1. The molecule has 0 bridgehead atoms. The zero-order valence-corrected chi connectivity index (χ0v) is 12.2. The second kappa shape index (κ2) is 7.85. The summed E-state index contributed by atoms with van der Waals surface area (Å²) >= 11 is 0. The van der Waals surface area contributed by atoms with E-state index in [0.717, 1.165) is 12.8 Å². The highest BCUT2D eigenvalue weighted by atomic mass is 16.5. The Hall–Kier alpha value is -1.79. The number of likely N-dealkylation sites (tertiary alicyclic amines) is 1. The molecule has 1 aliphatic rings. The molecular formula is C15H22N2O4. The molecule has 1 fully saturated rings. The zero-order valence-electron chi connectivity index (χ0n) is 12.2. The van der Waals surface area contributed by atoms with E-state index in [4.69, 9.17) is 9.47 Å². The summed E-state index contributed by atoms with van der Waals surface area (Å²) in [7, 11) is 1.61. The Morgan fingerprint density at radius 1 is 1.43 bits per heavy atom. The number of aliphatic hydroxyl groups excluding tert-OH is 1. The number of urea groups is 1. The minimum atomic E-state index is -0.433. The fourth-order valence-corrected chi connectivity index (χ4v) is 2.26. The van der Waals surface area contributed by atoms with E-state index in [1.165, 1.54) is 0 Å². The fourth-order valence-electron chi connectivity index (χ4n) is 2.26. The summed E-state index contributed by atoms with van der Waals surface area (Å²) in [5.41, 5.74) is 0.624. The van der Waals surface area contributed by atoms with Crippen molar-refractivity contribution in [2.45, 2.75) is 18.9 Å². The molecule has 0 aromatic heterocycles. The fraction of sp³-hybridized carbons (Fsp3) is 0.533. The van der Waals surface area contributed by atoms with Gasteiger partial charge in [-0.1, -0.05) is 12.1 Å². The second-order valence-corrected chi connectivity index (χ2v) is 5.01. The van der Waals surface area contributed by atoms with Crippen molar-refractivity contribution in [3.63, 3.8) is 0 Å². The summed E-state index contributed by atoms with van der Waals surface area (Å²) in [5.74, 6) is 0.612. The maximum atomic E-state index is 12.2. The smallest absolute Gasteiger partial charge is 0.322 e. The minimum absolute atomic E-state index is 0.212. The largest absolute Gasteiger partial charge is 0.489 e. The Bertz CT molecular complexity index is 467. The molecule has 1 aliphatic heterocycles. The van der Waals surface area contributed by atoms with Crippen LogP contribution >= 0.6 is 0 Å². The predicted octanol–water partition coefficient (Wildman–Crippen LogP) is 1.70. The van der Waals surface area contributed by atoms with Crippen molar-refractivity contribution < 1.29 is 19.4 Å². The summed E-state index contributed by atoms with van der Waals surface area (Å²) in [6.07, 6.45) is 1.14. The molecule has 0 spiro atoms. The highest BCUT2D eigenvalue weighted by Gasteiger charge is 2.22. The molecule has 2 rings (SSSR count). The lowest BCUT2D eigenvalue weighted by Crippen LogP contribution is -2.44. The third-order valence-corrected chi connectivity index (χ3v) is 3.36. The number of piperidine rings is 1. The first-order chi connectivity index (χ1) is 10.2. The van der Waals surface area contributed by atoms with Gasteiger partial charge in [-0.3, -0.25) is 0 Å². The summed E-state index contributed by atoms with van der Waals surface area (Å²) < 4.78 is 10.5. The number of nitrogens with zero attached hydrogens (tertiary/aromatic N) is 1. The Morgan fingerprint density at radius 3 is 3.00 bits per heavy atom. The van der Waals surface area contributed by atoms with Crippen LogP contribution < -0.4 is 10.1 Å². The van der Waals surface area contributed by atoms with E-state index < -0.39 is 6.10 Å². The van der Waals surface area contributed by atoms with E-state index in [-0.39, 0.29) is 6.03 Å². The van der Waals surface area contributed by atoms with Crippen LogP contribution in [0.5, 0.6) is 5.75 Å². The molecular weight excluding hydrogens is 272 g/mol. The quantitative estimate of drug-likeness (QED) is 0.811. The number of para-hydroxylation sites is 2. The van der Waals surface area contributed by atoms with E-state index in [9.17, 15) is 9.90 Å². The number of benzene rings is 1. The number of carbonyl (C=O) groups excluding carboxylic acids is 1. The van der Waals surface area contributed by atoms with Crippen LogP contribution in [0.2, 0.25) is 0 Å². The molecule has 1 atom stereocenters. The number of nitrogens with one attached hydrogen (secondary N) is 1. The van der Waals surface area contributed by atoms with E-state index in [1.54, 1.807) is 24.1 Å². The predicted molar refractivity (Wildman–Crippen MR) is 79.6 cm³/mol. The van der Waals surface area contributed by atoms with Crippen molar-refractivity contribution in [3.8, 4) is 5.75 Å². The first-order valence-electron chi connectivity index (χ1n) is 7.15. The van der Waals surface area contributed by atoms with E-state index in [1.807, 2.05) is 12.1 Å². The number of amides is 2. The van der Waals surface area contributed by atoms with Gasteiger partial charge in [0.2, 0.25) is 0 Å². The van der Waals surface area contributed by atoms with Crippen LogP contribution in [0, 0.1) is 0 Å². The summed E-state index contributed by atoms with van der Waals surface area (Å²) in [6.45, 7) is 1.94. The van der Waals surface area contributed by atoms with Crippen LogP contribution in [0.25, 0.3) is 0 Å². The molecule has 0 aliphatic carbocycles. The SMILES string of the molecule is COCCOc1ccccc1NC(=O)N1CCCC(O)C1. The number of anilines is 1. The Morgan fingerprint density at radius 2 is 2.24 bits per heavy atom. The highest BCUT2D eigenvalue weighted by molar-refractivity contribution is 5.91. The number of hydrogen-bond donors (Lipinski definition) is 2. The third-order valence-electron chi connectivity index (χ3n) is 3.36. The molecule has 2 amide bonds. The first-order valence-corrected chi connectivity index (χ1v) is 7.15. The molecule has 1 unspecified atom stereocenters. The average Bonchev–Trinajstić information content (AvgIpc) is 2.49. The lowest BCUT2D eigenvalue weighted by molar-refractivity contribution is 0.0883. The van der Waals surface area contributed by atoms with Crippen LogP contribution in [-0.4, -0.2) is 55.6 Å². The monoisotopic (exact) mass is 294 g/mol. The van der Waals surface area contributed by atoms with E-state index >= 15 is 0 Å². The summed E-state index contributed by atoms with van der Waals surface area (Å²) in [4.78, 5) is 13.8. The van der Waals surface area contributed by atoms with E-state index in [2.05, 4.69) is 5.32 Å². The van der Waals surface area contributed by atoms with Gasteiger partial charge in [0, 0.05) is 20.2 Å². The minimum Gasteiger partial charge on any atom is -0.489 e. The second-order valence-electron chi connectivity index (χ2n) is 5.01. The maximum absolute atomic E-state index is 12.2. The van der Waals surface area contributed by atoms with Crippen molar-refractivity contribution in [3.05, 3.63) is 24.3 Å². The molecule has 21 heavy (non-hydrogen) atoms. The van der Waals surface area contributed by atoms with Crippen LogP contribution in [0.4, 0.5) is 10.5 Å². The summed E-state index contributed by atoms with van der Waals surface area (Å²) in [6, 6.07) is 7.07. The van der Waals surface area contributed by atoms with Gasteiger partial charge in [-0.2, -0.15) is 0 Å². The van der Waals surface area contributed by atoms with Crippen molar-refractivity contribution in [1.29, 1.82) is 0 Å². The molecule has 0 saturated carbocycles. The number of ether oxygens (including phenoxy) is 2. The Labute approximate surface area is 124 Å². The van der Waals surface area contributed by atoms with Crippen molar-refractivity contribution in [2.75, 3.05) is 38.7 Å². The van der Waals surface area contributed by atoms with Gasteiger partial charge < -0.3 is 24.8 Å². The van der Waals surface area contributed by atoms with Gasteiger partial charge in [0.1, 0.15) is 12.4 Å². The molecule has 2 N–H and O–H groups in total. The molecule has 6 heteroatoms. The van der Waals surface area contributed by atoms with Gasteiger partial charge in [-0.25, -0.2) is 4.79 Å². The number of β-amino-alcohol motifs (C(OH)–C–C–N with tert-alkyl or cyclic N) is 1.